The number of rotatable bonds is 9. The van der Waals surface area contributed by atoms with Crippen LogP contribution in [0.5, 0.6) is 11.5 Å². The van der Waals surface area contributed by atoms with Gasteiger partial charge in [-0.15, -0.1) is 0 Å². The average molecular weight is 619 g/mol. The van der Waals surface area contributed by atoms with Crippen molar-refractivity contribution in [1.82, 2.24) is 4.90 Å². The van der Waals surface area contributed by atoms with Gasteiger partial charge in [-0.1, -0.05) is 42.5 Å². The number of nitro benzene ring substituents is 1. The Morgan fingerprint density at radius 3 is 2.50 bits per heavy atom. The van der Waals surface area contributed by atoms with Gasteiger partial charge in [0.1, 0.15) is 6.61 Å². The highest BCUT2D eigenvalue weighted by molar-refractivity contribution is 9.10. The Balaban J connectivity index is 1.36. The number of imide groups is 1. The summed E-state index contributed by atoms with van der Waals surface area (Å²) < 4.78 is 12.4. The van der Waals surface area contributed by atoms with Crippen LogP contribution in [0.2, 0.25) is 0 Å². The minimum absolute atomic E-state index is 0.00539. The number of thioether (sulfide) groups is 1. The van der Waals surface area contributed by atoms with Crippen molar-refractivity contribution in [1.29, 1.82) is 0 Å². The number of hydrogen-bond donors (Lipinski definition) is 0. The summed E-state index contributed by atoms with van der Waals surface area (Å²) in [6.07, 6.45) is 1.67. The molecule has 40 heavy (non-hydrogen) atoms. The first kappa shape index (κ1) is 27.4. The van der Waals surface area contributed by atoms with Gasteiger partial charge in [-0.3, -0.25) is 24.6 Å². The van der Waals surface area contributed by atoms with Gasteiger partial charge in [0, 0.05) is 12.1 Å². The van der Waals surface area contributed by atoms with Crippen LogP contribution in [-0.4, -0.2) is 27.6 Å². The number of nitro groups is 1. The number of amides is 2. The molecule has 0 saturated carbocycles. The summed E-state index contributed by atoms with van der Waals surface area (Å²) in [4.78, 5) is 38.1. The van der Waals surface area contributed by atoms with E-state index in [4.69, 9.17) is 9.47 Å². The normalized spacial score (nSPS) is 14.2. The Morgan fingerprint density at radius 1 is 1.00 bits per heavy atom. The van der Waals surface area contributed by atoms with E-state index in [1.54, 1.807) is 30.3 Å². The largest absolute Gasteiger partial charge is 0.490 e. The predicted octanol–water partition coefficient (Wildman–Crippen LogP) is 7.72. The van der Waals surface area contributed by atoms with Crippen molar-refractivity contribution in [3.8, 4) is 11.5 Å². The van der Waals surface area contributed by atoms with Crippen molar-refractivity contribution in [2.75, 3.05) is 6.61 Å². The molecule has 10 heteroatoms. The number of benzene rings is 4. The fourth-order valence-electron chi connectivity index (χ4n) is 4.33. The number of ether oxygens (including phenoxy) is 2. The summed E-state index contributed by atoms with van der Waals surface area (Å²) in [5, 5.41) is 12.6. The van der Waals surface area contributed by atoms with Crippen LogP contribution >= 0.6 is 27.7 Å². The van der Waals surface area contributed by atoms with Crippen molar-refractivity contribution in [3.05, 3.63) is 115 Å². The summed E-state index contributed by atoms with van der Waals surface area (Å²) in [7, 11) is 0. The van der Waals surface area contributed by atoms with Crippen molar-refractivity contribution in [2.24, 2.45) is 0 Å². The molecule has 0 unspecified atom stereocenters. The summed E-state index contributed by atoms with van der Waals surface area (Å²) >= 11 is 4.44. The number of halogens is 1. The zero-order valence-corrected chi connectivity index (χ0v) is 23.7. The molecular formula is C30H23BrN2O6S. The van der Waals surface area contributed by atoms with Crippen LogP contribution in [-0.2, 0) is 17.9 Å². The molecule has 0 spiro atoms. The number of hydrogen-bond acceptors (Lipinski definition) is 7. The highest BCUT2D eigenvalue weighted by Gasteiger charge is 2.35. The van der Waals surface area contributed by atoms with Crippen molar-refractivity contribution < 1.29 is 24.0 Å². The van der Waals surface area contributed by atoms with Crippen LogP contribution in [0.3, 0.4) is 0 Å². The first-order valence-electron chi connectivity index (χ1n) is 12.4. The molecule has 202 valence electrons. The molecule has 0 radical (unpaired) electrons. The quantitative estimate of drug-likeness (QED) is 0.107. The third kappa shape index (κ3) is 5.88. The fourth-order valence-corrected chi connectivity index (χ4v) is 5.74. The lowest BCUT2D eigenvalue weighted by molar-refractivity contribution is -0.384. The van der Waals surface area contributed by atoms with Gasteiger partial charge in [-0.25, -0.2) is 0 Å². The molecule has 0 aromatic heterocycles. The SMILES string of the molecule is CCOc1cc(/C=C2/SC(=O)N(Cc3cccc4ccccc34)C2=O)cc(Br)c1OCc1ccc([N+](=O)[O-])cc1. The molecule has 1 aliphatic heterocycles. The van der Waals surface area contributed by atoms with E-state index in [0.29, 0.717) is 33.0 Å². The molecule has 4 aromatic carbocycles. The predicted molar refractivity (Wildman–Crippen MR) is 158 cm³/mol. The van der Waals surface area contributed by atoms with Crippen molar-refractivity contribution in [2.45, 2.75) is 20.1 Å². The van der Waals surface area contributed by atoms with Crippen LogP contribution < -0.4 is 9.47 Å². The van der Waals surface area contributed by atoms with Gasteiger partial charge >= 0.3 is 0 Å². The van der Waals surface area contributed by atoms with E-state index in [0.717, 1.165) is 33.7 Å². The number of carbonyl (C=O) groups excluding carboxylic acids is 2. The van der Waals surface area contributed by atoms with E-state index in [2.05, 4.69) is 15.9 Å². The fraction of sp³-hybridized carbons (Fsp3) is 0.133. The molecule has 1 aliphatic rings. The Bertz CT molecular complexity index is 1650. The maximum atomic E-state index is 13.3. The second-order valence-electron chi connectivity index (χ2n) is 8.88. The minimum atomic E-state index is -0.453. The number of nitrogens with zero attached hydrogens (tertiary/aromatic N) is 2. The molecule has 5 rings (SSSR count). The highest BCUT2D eigenvalue weighted by Crippen LogP contribution is 2.40. The van der Waals surface area contributed by atoms with E-state index in [9.17, 15) is 19.7 Å². The maximum absolute atomic E-state index is 13.3. The molecule has 1 fully saturated rings. The molecule has 0 aliphatic carbocycles. The van der Waals surface area contributed by atoms with E-state index in [1.165, 1.54) is 17.0 Å². The van der Waals surface area contributed by atoms with Gasteiger partial charge < -0.3 is 9.47 Å². The third-order valence-electron chi connectivity index (χ3n) is 6.24. The molecule has 0 bridgehead atoms. The molecule has 4 aromatic rings. The first-order valence-corrected chi connectivity index (χ1v) is 14.0. The highest BCUT2D eigenvalue weighted by atomic mass is 79.9. The Morgan fingerprint density at radius 2 is 1.75 bits per heavy atom. The first-order chi connectivity index (χ1) is 19.3. The van der Waals surface area contributed by atoms with Gasteiger partial charge in [0.05, 0.1) is 27.5 Å². The van der Waals surface area contributed by atoms with Gasteiger partial charge in [0.15, 0.2) is 11.5 Å². The van der Waals surface area contributed by atoms with Crippen LogP contribution in [0.15, 0.2) is 88.2 Å². The van der Waals surface area contributed by atoms with E-state index in [1.807, 2.05) is 49.4 Å². The Hall–Kier alpha value is -4.15. The minimum Gasteiger partial charge on any atom is -0.490 e. The van der Waals surface area contributed by atoms with Crippen LogP contribution in [0.1, 0.15) is 23.6 Å². The summed E-state index contributed by atoms with van der Waals surface area (Å²) in [5.41, 5.74) is 2.32. The topological polar surface area (TPSA) is 99.0 Å². The Kier molecular flexibility index (Phi) is 8.18. The molecule has 1 heterocycles. The van der Waals surface area contributed by atoms with E-state index < -0.39 is 4.92 Å². The lowest BCUT2D eigenvalue weighted by Gasteiger charge is -2.15. The van der Waals surface area contributed by atoms with Gasteiger partial charge in [0.25, 0.3) is 16.8 Å². The second-order valence-corrected chi connectivity index (χ2v) is 10.7. The van der Waals surface area contributed by atoms with Gasteiger partial charge in [0.2, 0.25) is 0 Å². The van der Waals surface area contributed by atoms with E-state index >= 15 is 0 Å². The summed E-state index contributed by atoms with van der Waals surface area (Å²) in [5.74, 6) is 0.567. The molecule has 0 N–H and O–H groups in total. The third-order valence-corrected chi connectivity index (χ3v) is 7.74. The van der Waals surface area contributed by atoms with Gasteiger partial charge in [-0.05, 0) is 92.4 Å². The monoisotopic (exact) mass is 618 g/mol. The zero-order valence-electron chi connectivity index (χ0n) is 21.3. The van der Waals surface area contributed by atoms with E-state index in [-0.39, 0.29) is 30.0 Å². The van der Waals surface area contributed by atoms with Crippen LogP contribution in [0.25, 0.3) is 16.8 Å². The second kappa shape index (κ2) is 11.9. The number of carbonyl (C=O) groups is 2. The summed E-state index contributed by atoms with van der Waals surface area (Å²) in [6, 6.07) is 23.4. The van der Waals surface area contributed by atoms with Crippen LogP contribution in [0, 0.1) is 10.1 Å². The lowest BCUT2D eigenvalue weighted by Crippen LogP contribution is -2.27. The van der Waals surface area contributed by atoms with Crippen molar-refractivity contribution in [3.63, 3.8) is 0 Å². The zero-order chi connectivity index (χ0) is 28.2. The molecule has 0 atom stereocenters. The maximum Gasteiger partial charge on any atom is 0.293 e. The molecular weight excluding hydrogens is 596 g/mol. The van der Waals surface area contributed by atoms with Gasteiger partial charge in [-0.2, -0.15) is 0 Å². The average Bonchev–Trinajstić information content (AvgIpc) is 3.20. The summed E-state index contributed by atoms with van der Waals surface area (Å²) in [6.45, 7) is 2.58. The van der Waals surface area contributed by atoms with Crippen molar-refractivity contribution >= 4 is 61.4 Å². The smallest absolute Gasteiger partial charge is 0.293 e. The lowest BCUT2D eigenvalue weighted by atomic mass is 10.0. The molecule has 1 saturated heterocycles. The molecule has 2 amide bonds. The van der Waals surface area contributed by atoms with Crippen LogP contribution in [0.4, 0.5) is 10.5 Å². The standard InChI is InChI=1S/C30H23BrN2O6S/c1-2-38-26-15-20(14-25(31)28(26)39-18-19-10-12-23(13-11-19)33(36)37)16-27-29(34)32(30(35)40-27)17-22-8-5-7-21-6-3-4-9-24(21)22/h3-16H,2,17-18H2,1H3/b27-16+. The number of non-ortho nitro benzene ring substituents is 1. The number of fused-ring (bicyclic) bond motifs is 1. The Labute approximate surface area is 242 Å². The molecule has 8 nitrogen and oxygen atoms in total.